The Balaban J connectivity index is 2.60. The fraction of sp³-hybridized carbons (Fsp3) is 0.588. The molecule has 0 heterocycles. The molecule has 0 radical (unpaired) electrons. The lowest BCUT2D eigenvalue weighted by atomic mass is 9.81. The van der Waals surface area contributed by atoms with Crippen LogP contribution in [0.5, 0.6) is 5.75 Å². The molecule has 0 aliphatic rings. The Hall–Kier alpha value is -1.58. The highest BCUT2D eigenvalue weighted by Crippen LogP contribution is 2.27. The standard InChI is InChI=1S/C17H26FNO2/c1-12(21-14-9-7-13(18)8-10-14)15(20)19-17(5,6)11-16(2,3)4/h7-10,12H,11H2,1-6H3,(H,19,20)/t12-/m0/s1. The number of carbonyl (C=O) groups excluding carboxylic acids is 1. The van der Waals surface area contributed by atoms with Crippen molar-refractivity contribution in [2.24, 2.45) is 5.41 Å². The normalized spacial score (nSPS) is 13.7. The van der Waals surface area contributed by atoms with Crippen LogP contribution in [0.1, 0.15) is 48.0 Å². The van der Waals surface area contributed by atoms with Crippen LogP contribution in [-0.4, -0.2) is 17.6 Å². The molecule has 0 spiro atoms. The minimum absolute atomic E-state index is 0.123. The number of ether oxygens (including phenoxy) is 1. The molecule has 4 heteroatoms. The molecule has 1 rings (SSSR count). The predicted molar refractivity (Wildman–Crippen MR) is 82.8 cm³/mol. The number of amides is 1. The Labute approximate surface area is 126 Å². The molecule has 0 aliphatic carbocycles. The van der Waals surface area contributed by atoms with Crippen LogP contribution in [0.15, 0.2) is 24.3 Å². The highest BCUT2D eigenvalue weighted by Gasteiger charge is 2.29. The summed E-state index contributed by atoms with van der Waals surface area (Å²) in [6.45, 7) is 12.1. The zero-order chi connectivity index (χ0) is 16.3. The molecule has 0 aliphatic heterocycles. The second-order valence-corrected chi connectivity index (χ2v) is 7.32. The lowest BCUT2D eigenvalue weighted by molar-refractivity contribution is -0.129. The van der Waals surface area contributed by atoms with Crippen LogP contribution in [0.4, 0.5) is 4.39 Å². The first-order valence-corrected chi connectivity index (χ1v) is 7.23. The zero-order valence-electron chi connectivity index (χ0n) is 13.8. The van der Waals surface area contributed by atoms with E-state index in [1.54, 1.807) is 6.92 Å². The van der Waals surface area contributed by atoms with Crippen molar-refractivity contribution in [2.75, 3.05) is 0 Å². The van der Waals surface area contributed by atoms with Crippen LogP contribution in [0.25, 0.3) is 0 Å². The van der Waals surface area contributed by atoms with Gasteiger partial charge in [0, 0.05) is 5.54 Å². The van der Waals surface area contributed by atoms with Crippen molar-refractivity contribution in [1.29, 1.82) is 0 Å². The summed E-state index contributed by atoms with van der Waals surface area (Å²) in [4.78, 5) is 12.2. The third-order valence-electron chi connectivity index (χ3n) is 2.93. The van der Waals surface area contributed by atoms with E-state index in [9.17, 15) is 9.18 Å². The topological polar surface area (TPSA) is 38.3 Å². The van der Waals surface area contributed by atoms with Crippen molar-refractivity contribution in [1.82, 2.24) is 5.32 Å². The SMILES string of the molecule is C[C@H](Oc1ccc(F)cc1)C(=O)NC(C)(C)CC(C)(C)C. The lowest BCUT2D eigenvalue weighted by Crippen LogP contribution is -2.50. The van der Waals surface area contributed by atoms with Gasteiger partial charge in [-0.05, 0) is 56.9 Å². The van der Waals surface area contributed by atoms with E-state index >= 15 is 0 Å². The highest BCUT2D eigenvalue weighted by molar-refractivity contribution is 5.81. The maximum Gasteiger partial charge on any atom is 0.261 e. The van der Waals surface area contributed by atoms with Crippen molar-refractivity contribution in [3.8, 4) is 5.75 Å². The first-order chi connectivity index (χ1) is 9.48. The van der Waals surface area contributed by atoms with E-state index in [4.69, 9.17) is 4.74 Å². The molecule has 0 bridgehead atoms. The molecule has 1 aromatic rings. The number of hydrogen-bond donors (Lipinski definition) is 1. The van der Waals surface area contributed by atoms with Crippen LogP contribution in [0.2, 0.25) is 0 Å². The van der Waals surface area contributed by atoms with Crippen molar-refractivity contribution in [3.05, 3.63) is 30.1 Å². The third kappa shape index (κ3) is 6.61. The van der Waals surface area contributed by atoms with Gasteiger partial charge in [0.15, 0.2) is 6.10 Å². The van der Waals surface area contributed by atoms with Crippen LogP contribution in [0, 0.1) is 11.2 Å². The van der Waals surface area contributed by atoms with Gasteiger partial charge in [-0.25, -0.2) is 4.39 Å². The summed E-state index contributed by atoms with van der Waals surface area (Å²) in [5.74, 6) is -0.0213. The molecule has 1 aromatic carbocycles. The van der Waals surface area contributed by atoms with Gasteiger partial charge in [0.2, 0.25) is 0 Å². The van der Waals surface area contributed by atoms with E-state index in [1.807, 2.05) is 13.8 Å². The second-order valence-electron chi connectivity index (χ2n) is 7.32. The quantitative estimate of drug-likeness (QED) is 0.894. The summed E-state index contributed by atoms with van der Waals surface area (Å²) in [7, 11) is 0. The van der Waals surface area contributed by atoms with Crippen molar-refractivity contribution < 1.29 is 13.9 Å². The van der Waals surface area contributed by atoms with E-state index in [1.165, 1.54) is 24.3 Å². The largest absolute Gasteiger partial charge is 0.481 e. The summed E-state index contributed by atoms with van der Waals surface area (Å²) in [6, 6.07) is 5.64. The fourth-order valence-electron chi connectivity index (χ4n) is 2.58. The summed E-state index contributed by atoms with van der Waals surface area (Å²) >= 11 is 0. The summed E-state index contributed by atoms with van der Waals surface area (Å²) in [5, 5.41) is 3.01. The maximum absolute atomic E-state index is 12.8. The number of nitrogens with one attached hydrogen (secondary N) is 1. The van der Waals surface area contributed by atoms with Crippen LogP contribution >= 0.6 is 0 Å². The number of halogens is 1. The molecule has 118 valence electrons. The molecule has 1 atom stereocenters. The second kappa shape index (κ2) is 6.46. The van der Waals surface area contributed by atoms with E-state index in [0.717, 1.165) is 6.42 Å². The van der Waals surface area contributed by atoms with Crippen LogP contribution in [0.3, 0.4) is 0 Å². The molecule has 1 amide bonds. The first-order valence-electron chi connectivity index (χ1n) is 7.23. The monoisotopic (exact) mass is 295 g/mol. The number of carbonyl (C=O) groups is 1. The molecule has 3 nitrogen and oxygen atoms in total. The molecule has 0 saturated carbocycles. The van der Waals surface area contributed by atoms with Crippen molar-refractivity contribution in [2.45, 2.75) is 59.6 Å². The molecule has 0 aromatic heterocycles. The van der Waals surface area contributed by atoms with Crippen LogP contribution < -0.4 is 10.1 Å². The van der Waals surface area contributed by atoms with E-state index in [0.29, 0.717) is 5.75 Å². The summed E-state index contributed by atoms with van der Waals surface area (Å²) < 4.78 is 18.4. The molecule has 0 fully saturated rings. The summed E-state index contributed by atoms with van der Waals surface area (Å²) in [5.41, 5.74) is -0.187. The molecule has 0 saturated heterocycles. The van der Waals surface area contributed by atoms with Gasteiger partial charge in [-0.15, -0.1) is 0 Å². The van der Waals surface area contributed by atoms with Gasteiger partial charge < -0.3 is 10.1 Å². The Morgan fingerprint density at radius 3 is 2.19 bits per heavy atom. The van der Waals surface area contributed by atoms with E-state index < -0.39 is 6.10 Å². The summed E-state index contributed by atoms with van der Waals surface area (Å²) in [6.07, 6.45) is 0.226. The van der Waals surface area contributed by atoms with Gasteiger partial charge in [-0.2, -0.15) is 0 Å². The number of rotatable bonds is 5. The maximum atomic E-state index is 12.8. The van der Waals surface area contributed by atoms with Gasteiger partial charge in [-0.1, -0.05) is 20.8 Å². The highest BCUT2D eigenvalue weighted by atomic mass is 19.1. The molecular formula is C17H26FNO2. The fourth-order valence-corrected chi connectivity index (χ4v) is 2.58. The van der Waals surface area contributed by atoms with Gasteiger partial charge in [0.1, 0.15) is 11.6 Å². The van der Waals surface area contributed by atoms with Gasteiger partial charge in [-0.3, -0.25) is 4.79 Å². The Morgan fingerprint density at radius 1 is 1.19 bits per heavy atom. The van der Waals surface area contributed by atoms with Crippen molar-refractivity contribution in [3.63, 3.8) is 0 Å². The first kappa shape index (κ1) is 17.5. The third-order valence-corrected chi connectivity index (χ3v) is 2.93. The van der Waals surface area contributed by atoms with Crippen molar-refractivity contribution >= 4 is 5.91 Å². The average molecular weight is 295 g/mol. The molecular weight excluding hydrogens is 269 g/mol. The van der Waals surface area contributed by atoms with E-state index in [-0.39, 0.29) is 22.7 Å². The Bertz CT molecular complexity index is 475. The van der Waals surface area contributed by atoms with Gasteiger partial charge in [0.25, 0.3) is 5.91 Å². The zero-order valence-corrected chi connectivity index (χ0v) is 13.8. The molecule has 1 N–H and O–H groups in total. The molecule has 21 heavy (non-hydrogen) atoms. The van der Waals surface area contributed by atoms with Crippen LogP contribution in [-0.2, 0) is 4.79 Å². The van der Waals surface area contributed by atoms with E-state index in [2.05, 4.69) is 26.1 Å². The van der Waals surface area contributed by atoms with Gasteiger partial charge in [0.05, 0.1) is 0 Å². The van der Waals surface area contributed by atoms with Gasteiger partial charge >= 0.3 is 0 Å². The Kier molecular flexibility index (Phi) is 5.37. The number of benzene rings is 1. The average Bonchev–Trinajstić information content (AvgIpc) is 2.28. The lowest BCUT2D eigenvalue weighted by Gasteiger charge is -2.34. The minimum atomic E-state index is -0.630. The predicted octanol–water partition coefficient (Wildman–Crippen LogP) is 3.92. The minimum Gasteiger partial charge on any atom is -0.481 e. The smallest absolute Gasteiger partial charge is 0.261 e. The molecule has 0 unspecified atom stereocenters. The number of hydrogen-bond acceptors (Lipinski definition) is 2. The Morgan fingerprint density at radius 2 is 1.71 bits per heavy atom.